The zero-order chi connectivity index (χ0) is 13.4. The summed E-state index contributed by atoms with van der Waals surface area (Å²) in [6.07, 6.45) is 1.13. The van der Waals surface area contributed by atoms with Crippen molar-refractivity contribution in [3.05, 3.63) is 29.0 Å². The van der Waals surface area contributed by atoms with Crippen molar-refractivity contribution in [2.24, 2.45) is 0 Å². The molecule has 4 nitrogen and oxygen atoms in total. The zero-order valence-corrected chi connectivity index (χ0v) is 11.9. The smallest absolute Gasteiger partial charge is 0.224 e. The number of halogens is 1. The molecule has 1 aromatic heterocycles. The van der Waals surface area contributed by atoms with Gasteiger partial charge in [-0.25, -0.2) is 4.98 Å². The van der Waals surface area contributed by atoms with Gasteiger partial charge in [0, 0.05) is 24.5 Å². The SMILES string of the molecule is CNC1CCN(c2nc(Cl)nc3cccc(C)c23)C1. The van der Waals surface area contributed by atoms with Gasteiger partial charge < -0.3 is 10.2 Å². The highest BCUT2D eigenvalue weighted by Crippen LogP contribution is 2.30. The van der Waals surface area contributed by atoms with E-state index in [1.807, 2.05) is 19.2 Å². The third-order valence-electron chi connectivity index (χ3n) is 3.78. The van der Waals surface area contributed by atoms with Gasteiger partial charge in [0.2, 0.25) is 5.28 Å². The average Bonchev–Trinajstić information content (AvgIpc) is 2.86. The number of fused-ring (bicyclic) bond motifs is 1. The molecule has 0 spiro atoms. The molecule has 0 aliphatic carbocycles. The van der Waals surface area contributed by atoms with Crippen molar-refractivity contribution in [1.82, 2.24) is 15.3 Å². The molecule has 1 N–H and O–H groups in total. The van der Waals surface area contributed by atoms with E-state index in [4.69, 9.17) is 11.6 Å². The Morgan fingerprint density at radius 1 is 1.37 bits per heavy atom. The van der Waals surface area contributed by atoms with Crippen LogP contribution in [0.25, 0.3) is 10.9 Å². The van der Waals surface area contributed by atoms with Gasteiger partial charge in [0.1, 0.15) is 5.82 Å². The summed E-state index contributed by atoms with van der Waals surface area (Å²) in [5.41, 5.74) is 2.11. The third-order valence-corrected chi connectivity index (χ3v) is 3.95. The Hall–Kier alpha value is -1.39. The Kier molecular flexibility index (Phi) is 3.29. The number of hydrogen-bond donors (Lipinski definition) is 1. The van der Waals surface area contributed by atoms with E-state index in [-0.39, 0.29) is 0 Å². The average molecular weight is 277 g/mol. The molecule has 100 valence electrons. The Morgan fingerprint density at radius 3 is 2.95 bits per heavy atom. The topological polar surface area (TPSA) is 41.0 Å². The molecule has 1 unspecified atom stereocenters. The molecular weight excluding hydrogens is 260 g/mol. The molecule has 1 aliphatic heterocycles. The number of benzene rings is 1. The number of anilines is 1. The minimum atomic E-state index is 0.320. The van der Waals surface area contributed by atoms with Crippen LogP contribution < -0.4 is 10.2 Å². The van der Waals surface area contributed by atoms with E-state index in [2.05, 4.69) is 33.2 Å². The van der Waals surface area contributed by atoms with E-state index in [0.717, 1.165) is 36.2 Å². The van der Waals surface area contributed by atoms with E-state index in [1.165, 1.54) is 5.56 Å². The van der Waals surface area contributed by atoms with Gasteiger partial charge in [0.25, 0.3) is 0 Å². The standard InChI is InChI=1S/C14H17ClN4/c1-9-4-3-5-11-12(9)13(18-14(15)17-11)19-7-6-10(8-19)16-2/h3-5,10,16H,6-8H2,1-2H3. The number of hydrogen-bond acceptors (Lipinski definition) is 4. The van der Waals surface area contributed by atoms with Gasteiger partial charge in [-0.15, -0.1) is 0 Å². The molecule has 1 aromatic carbocycles. The van der Waals surface area contributed by atoms with E-state index in [0.29, 0.717) is 11.3 Å². The van der Waals surface area contributed by atoms with Gasteiger partial charge in [0.05, 0.1) is 5.52 Å². The highest BCUT2D eigenvalue weighted by Gasteiger charge is 2.24. The summed E-state index contributed by atoms with van der Waals surface area (Å²) >= 11 is 6.06. The molecule has 1 aliphatic rings. The Morgan fingerprint density at radius 2 is 2.21 bits per heavy atom. The predicted molar refractivity (Wildman–Crippen MR) is 79.0 cm³/mol. The van der Waals surface area contributed by atoms with E-state index in [9.17, 15) is 0 Å². The van der Waals surface area contributed by atoms with Crippen molar-refractivity contribution in [2.45, 2.75) is 19.4 Å². The fourth-order valence-corrected chi connectivity index (χ4v) is 2.89. The molecule has 5 heteroatoms. The van der Waals surface area contributed by atoms with Gasteiger partial charge in [-0.2, -0.15) is 4.98 Å². The molecular formula is C14H17ClN4. The fourth-order valence-electron chi connectivity index (χ4n) is 2.72. The van der Waals surface area contributed by atoms with E-state index >= 15 is 0 Å². The first-order chi connectivity index (χ1) is 9.19. The van der Waals surface area contributed by atoms with Crippen LogP contribution in [0.5, 0.6) is 0 Å². The predicted octanol–water partition coefficient (Wildman–Crippen LogP) is 2.39. The molecule has 0 bridgehead atoms. The summed E-state index contributed by atoms with van der Waals surface area (Å²) in [4.78, 5) is 11.1. The highest BCUT2D eigenvalue weighted by molar-refractivity contribution is 6.28. The monoisotopic (exact) mass is 276 g/mol. The van der Waals surface area contributed by atoms with Crippen molar-refractivity contribution in [3.63, 3.8) is 0 Å². The van der Waals surface area contributed by atoms with Gasteiger partial charge in [-0.05, 0) is 43.6 Å². The van der Waals surface area contributed by atoms with E-state index in [1.54, 1.807) is 0 Å². The number of aryl methyl sites for hydroxylation is 1. The lowest BCUT2D eigenvalue weighted by Crippen LogP contribution is -2.30. The van der Waals surface area contributed by atoms with Crippen LogP contribution in [0.15, 0.2) is 18.2 Å². The van der Waals surface area contributed by atoms with Gasteiger partial charge in [-0.1, -0.05) is 12.1 Å². The molecule has 1 fully saturated rings. The summed E-state index contributed by atoms with van der Waals surface area (Å²) < 4.78 is 0. The lowest BCUT2D eigenvalue weighted by atomic mass is 10.1. The molecule has 2 heterocycles. The van der Waals surface area contributed by atoms with Crippen LogP contribution in [0.3, 0.4) is 0 Å². The molecule has 3 rings (SSSR count). The maximum atomic E-state index is 6.06. The summed E-state index contributed by atoms with van der Waals surface area (Å²) in [7, 11) is 2.00. The van der Waals surface area contributed by atoms with Crippen molar-refractivity contribution in [2.75, 3.05) is 25.0 Å². The van der Waals surface area contributed by atoms with Crippen LogP contribution in [0.4, 0.5) is 5.82 Å². The largest absolute Gasteiger partial charge is 0.354 e. The molecule has 2 aromatic rings. The molecule has 1 saturated heterocycles. The Bertz CT molecular complexity index is 614. The second-order valence-electron chi connectivity index (χ2n) is 5.01. The molecule has 1 atom stereocenters. The Labute approximate surface area is 117 Å². The first kappa shape index (κ1) is 12.6. The second kappa shape index (κ2) is 4.94. The molecule has 0 saturated carbocycles. The van der Waals surface area contributed by atoms with Crippen molar-refractivity contribution in [1.29, 1.82) is 0 Å². The number of nitrogens with one attached hydrogen (secondary N) is 1. The summed E-state index contributed by atoms with van der Waals surface area (Å²) in [5, 5.41) is 4.76. The van der Waals surface area contributed by atoms with E-state index < -0.39 is 0 Å². The minimum Gasteiger partial charge on any atom is -0.354 e. The number of likely N-dealkylation sites (N-methyl/N-ethyl adjacent to an activating group) is 1. The normalized spacial score (nSPS) is 19.3. The van der Waals surface area contributed by atoms with Crippen LogP contribution >= 0.6 is 11.6 Å². The van der Waals surface area contributed by atoms with Crippen LogP contribution in [0.1, 0.15) is 12.0 Å². The van der Waals surface area contributed by atoms with Crippen LogP contribution in [-0.4, -0.2) is 36.1 Å². The fraction of sp³-hybridized carbons (Fsp3) is 0.429. The van der Waals surface area contributed by atoms with Gasteiger partial charge in [0.15, 0.2) is 0 Å². The lowest BCUT2D eigenvalue weighted by Gasteiger charge is -2.20. The molecule has 19 heavy (non-hydrogen) atoms. The zero-order valence-electron chi connectivity index (χ0n) is 11.2. The Balaban J connectivity index is 2.12. The van der Waals surface area contributed by atoms with Crippen molar-refractivity contribution < 1.29 is 0 Å². The summed E-state index contributed by atoms with van der Waals surface area (Å²) in [6, 6.07) is 6.61. The van der Waals surface area contributed by atoms with Crippen molar-refractivity contribution in [3.8, 4) is 0 Å². The number of rotatable bonds is 2. The quantitative estimate of drug-likeness (QED) is 0.855. The molecule has 0 amide bonds. The van der Waals surface area contributed by atoms with Crippen LogP contribution in [-0.2, 0) is 0 Å². The van der Waals surface area contributed by atoms with Crippen LogP contribution in [0.2, 0.25) is 5.28 Å². The second-order valence-corrected chi connectivity index (χ2v) is 5.34. The van der Waals surface area contributed by atoms with Gasteiger partial charge >= 0.3 is 0 Å². The van der Waals surface area contributed by atoms with Gasteiger partial charge in [-0.3, -0.25) is 0 Å². The summed E-state index contributed by atoms with van der Waals surface area (Å²) in [6.45, 7) is 4.06. The highest BCUT2D eigenvalue weighted by atomic mass is 35.5. The number of nitrogens with zero attached hydrogens (tertiary/aromatic N) is 3. The minimum absolute atomic E-state index is 0.320. The maximum Gasteiger partial charge on any atom is 0.224 e. The summed E-state index contributed by atoms with van der Waals surface area (Å²) in [5.74, 6) is 0.964. The van der Waals surface area contributed by atoms with Crippen molar-refractivity contribution >= 4 is 28.3 Å². The third kappa shape index (κ3) is 2.26. The number of aromatic nitrogens is 2. The first-order valence-corrected chi connectivity index (χ1v) is 6.92. The van der Waals surface area contributed by atoms with Crippen LogP contribution in [0, 0.1) is 6.92 Å². The maximum absolute atomic E-state index is 6.06. The molecule has 0 radical (unpaired) electrons. The first-order valence-electron chi connectivity index (χ1n) is 6.54. The lowest BCUT2D eigenvalue weighted by molar-refractivity contribution is 0.616.